The van der Waals surface area contributed by atoms with E-state index in [1.165, 1.54) is 0 Å². The zero-order chi connectivity index (χ0) is 13.5. The summed E-state index contributed by atoms with van der Waals surface area (Å²) in [6.07, 6.45) is 4.41. The fourth-order valence-corrected chi connectivity index (χ4v) is 3.45. The molecule has 0 saturated heterocycles. The highest BCUT2D eigenvalue weighted by molar-refractivity contribution is 5.95. The van der Waals surface area contributed by atoms with E-state index >= 15 is 0 Å². The van der Waals surface area contributed by atoms with Crippen LogP contribution in [0.3, 0.4) is 0 Å². The van der Waals surface area contributed by atoms with Crippen molar-refractivity contribution >= 4 is 17.6 Å². The first-order valence-electron chi connectivity index (χ1n) is 6.79. The van der Waals surface area contributed by atoms with Crippen LogP contribution < -0.4 is 5.32 Å². The predicted octanol–water partition coefficient (Wildman–Crippen LogP) is 2.47. The lowest BCUT2D eigenvalue weighted by molar-refractivity contribution is -0.143. The summed E-state index contributed by atoms with van der Waals surface area (Å²) in [7, 11) is 0. The molecule has 1 aliphatic heterocycles. The van der Waals surface area contributed by atoms with E-state index in [1.807, 2.05) is 18.2 Å². The van der Waals surface area contributed by atoms with Crippen LogP contribution in [0.1, 0.15) is 43.2 Å². The third-order valence-electron chi connectivity index (χ3n) is 4.43. The first-order valence-corrected chi connectivity index (χ1v) is 6.79. The minimum atomic E-state index is -0.743. The Kier molecular flexibility index (Phi) is 2.81. The van der Waals surface area contributed by atoms with Crippen LogP contribution in [0.5, 0.6) is 0 Å². The van der Waals surface area contributed by atoms with E-state index in [0.717, 1.165) is 29.7 Å². The molecule has 0 atom stereocenters. The molecule has 0 aromatic heterocycles. The van der Waals surface area contributed by atoms with E-state index in [2.05, 4.69) is 5.32 Å². The normalized spacial score (nSPS) is 20.7. The molecule has 1 aromatic carbocycles. The fourth-order valence-electron chi connectivity index (χ4n) is 3.45. The van der Waals surface area contributed by atoms with Gasteiger partial charge in [0, 0.05) is 12.1 Å². The van der Waals surface area contributed by atoms with Crippen LogP contribution >= 0.6 is 0 Å². The number of hydrogen-bond acceptors (Lipinski definition) is 2. The maximum absolute atomic E-state index is 11.8. The summed E-state index contributed by atoms with van der Waals surface area (Å²) in [6.45, 7) is 0. The SMILES string of the molecule is O=C1CCc2c(cccc2C2(C(=O)O)CCCC2)N1. The molecule has 1 heterocycles. The van der Waals surface area contributed by atoms with E-state index in [-0.39, 0.29) is 5.91 Å². The van der Waals surface area contributed by atoms with Gasteiger partial charge in [-0.15, -0.1) is 0 Å². The van der Waals surface area contributed by atoms with Crippen molar-refractivity contribution in [1.82, 2.24) is 0 Å². The van der Waals surface area contributed by atoms with Crippen molar-refractivity contribution in [2.45, 2.75) is 43.9 Å². The number of rotatable bonds is 2. The molecule has 1 saturated carbocycles. The molecular formula is C15H17NO3. The molecular weight excluding hydrogens is 242 g/mol. The Balaban J connectivity index is 2.12. The first kappa shape index (κ1) is 12.2. The molecule has 4 nitrogen and oxygen atoms in total. The molecule has 1 aromatic rings. The largest absolute Gasteiger partial charge is 0.481 e. The Morgan fingerprint density at radius 2 is 1.95 bits per heavy atom. The molecule has 0 radical (unpaired) electrons. The van der Waals surface area contributed by atoms with Crippen molar-refractivity contribution in [2.75, 3.05) is 5.32 Å². The van der Waals surface area contributed by atoms with Gasteiger partial charge in [-0.3, -0.25) is 9.59 Å². The van der Waals surface area contributed by atoms with E-state index in [0.29, 0.717) is 25.7 Å². The minimum absolute atomic E-state index is 0.0143. The number of carbonyl (C=O) groups excluding carboxylic acids is 1. The number of hydrogen-bond donors (Lipinski definition) is 2. The maximum atomic E-state index is 11.8. The molecule has 1 aliphatic carbocycles. The van der Waals surface area contributed by atoms with Crippen LogP contribution in [0, 0.1) is 0 Å². The fraction of sp³-hybridized carbons (Fsp3) is 0.467. The van der Waals surface area contributed by atoms with Crippen LogP contribution in [-0.2, 0) is 21.4 Å². The Bertz CT molecular complexity index is 544. The predicted molar refractivity (Wildman–Crippen MR) is 71.2 cm³/mol. The highest BCUT2D eigenvalue weighted by atomic mass is 16.4. The minimum Gasteiger partial charge on any atom is -0.481 e. The van der Waals surface area contributed by atoms with Gasteiger partial charge in [-0.1, -0.05) is 25.0 Å². The topological polar surface area (TPSA) is 66.4 Å². The van der Waals surface area contributed by atoms with Crippen LogP contribution in [-0.4, -0.2) is 17.0 Å². The van der Waals surface area contributed by atoms with Crippen molar-refractivity contribution in [3.63, 3.8) is 0 Å². The van der Waals surface area contributed by atoms with Gasteiger partial charge in [-0.25, -0.2) is 0 Å². The molecule has 0 unspecified atom stereocenters. The van der Waals surface area contributed by atoms with E-state index < -0.39 is 11.4 Å². The third kappa shape index (κ3) is 1.82. The average Bonchev–Trinajstić information content (AvgIpc) is 2.88. The zero-order valence-corrected chi connectivity index (χ0v) is 10.7. The van der Waals surface area contributed by atoms with Crippen molar-refractivity contribution in [2.24, 2.45) is 0 Å². The van der Waals surface area contributed by atoms with Gasteiger partial charge < -0.3 is 10.4 Å². The van der Waals surface area contributed by atoms with Crippen LogP contribution in [0.15, 0.2) is 18.2 Å². The smallest absolute Gasteiger partial charge is 0.314 e. The number of carboxylic acid groups (broad SMARTS) is 1. The molecule has 19 heavy (non-hydrogen) atoms. The Morgan fingerprint density at radius 1 is 1.21 bits per heavy atom. The molecule has 2 N–H and O–H groups in total. The first-order chi connectivity index (χ1) is 9.13. The summed E-state index contributed by atoms with van der Waals surface area (Å²) < 4.78 is 0. The number of nitrogens with one attached hydrogen (secondary N) is 1. The average molecular weight is 259 g/mol. The van der Waals surface area contributed by atoms with Crippen molar-refractivity contribution in [3.8, 4) is 0 Å². The van der Waals surface area contributed by atoms with Gasteiger partial charge in [0.2, 0.25) is 5.91 Å². The lowest BCUT2D eigenvalue weighted by Gasteiger charge is -2.30. The van der Waals surface area contributed by atoms with Gasteiger partial charge in [-0.2, -0.15) is 0 Å². The van der Waals surface area contributed by atoms with Gasteiger partial charge in [0.1, 0.15) is 0 Å². The molecule has 1 amide bonds. The van der Waals surface area contributed by atoms with Crippen molar-refractivity contribution in [3.05, 3.63) is 29.3 Å². The monoisotopic (exact) mass is 259 g/mol. The second kappa shape index (κ2) is 4.37. The number of anilines is 1. The van der Waals surface area contributed by atoms with E-state index in [4.69, 9.17) is 0 Å². The van der Waals surface area contributed by atoms with Crippen LogP contribution in [0.2, 0.25) is 0 Å². The van der Waals surface area contributed by atoms with Gasteiger partial charge in [0.25, 0.3) is 0 Å². The van der Waals surface area contributed by atoms with Gasteiger partial charge >= 0.3 is 5.97 Å². The van der Waals surface area contributed by atoms with E-state index in [1.54, 1.807) is 0 Å². The number of amides is 1. The lowest BCUT2D eigenvalue weighted by atomic mass is 9.75. The summed E-state index contributed by atoms with van der Waals surface area (Å²) in [5, 5.41) is 12.5. The zero-order valence-electron chi connectivity index (χ0n) is 10.7. The maximum Gasteiger partial charge on any atom is 0.314 e. The van der Waals surface area contributed by atoms with Gasteiger partial charge in [-0.05, 0) is 36.5 Å². The Hall–Kier alpha value is -1.84. The second-order valence-electron chi connectivity index (χ2n) is 5.47. The Morgan fingerprint density at radius 3 is 2.63 bits per heavy atom. The van der Waals surface area contributed by atoms with Crippen LogP contribution in [0.4, 0.5) is 5.69 Å². The van der Waals surface area contributed by atoms with Crippen molar-refractivity contribution in [1.29, 1.82) is 0 Å². The highest BCUT2D eigenvalue weighted by Gasteiger charge is 2.44. The summed E-state index contributed by atoms with van der Waals surface area (Å²) in [6, 6.07) is 5.64. The number of carbonyl (C=O) groups is 2. The molecule has 100 valence electrons. The van der Waals surface area contributed by atoms with Gasteiger partial charge in [0.15, 0.2) is 0 Å². The molecule has 0 bridgehead atoms. The summed E-state index contributed by atoms with van der Waals surface area (Å²) >= 11 is 0. The standard InChI is InChI=1S/C15H17NO3/c17-13-7-6-10-11(4-3-5-12(10)16-13)15(14(18)19)8-1-2-9-15/h3-5H,1-2,6-9H2,(H,16,17)(H,18,19). The van der Waals surface area contributed by atoms with Gasteiger partial charge in [0.05, 0.1) is 5.41 Å². The molecule has 1 fully saturated rings. The molecule has 3 rings (SSSR count). The summed E-state index contributed by atoms with van der Waals surface area (Å²) in [5.41, 5.74) is 1.98. The number of benzene rings is 1. The summed E-state index contributed by atoms with van der Waals surface area (Å²) in [5.74, 6) is -0.712. The quantitative estimate of drug-likeness (QED) is 0.857. The summed E-state index contributed by atoms with van der Waals surface area (Å²) in [4.78, 5) is 23.2. The number of aliphatic carboxylic acids is 1. The Labute approximate surface area is 111 Å². The highest BCUT2D eigenvalue weighted by Crippen LogP contribution is 2.45. The molecule has 0 spiro atoms. The lowest BCUT2D eigenvalue weighted by Crippen LogP contribution is -2.35. The van der Waals surface area contributed by atoms with E-state index in [9.17, 15) is 14.7 Å². The third-order valence-corrected chi connectivity index (χ3v) is 4.43. The number of fused-ring (bicyclic) bond motifs is 1. The molecule has 2 aliphatic rings. The molecule has 4 heteroatoms. The van der Waals surface area contributed by atoms with Crippen LogP contribution in [0.25, 0.3) is 0 Å². The second-order valence-corrected chi connectivity index (χ2v) is 5.47. The number of carboxylic acids is 1. The van der Waals surface area contributed by atoms with Crippen molar-refractivity contribution < 1.29 is 14.7 Å².